The van der Waals surface area contributed by atoms with E-state index in [1.165, 1.54) is 36.7 Å². The monoisotopic (exact) mass is 404 g/mol. The van der Waals surface area contributed by atoms with Crippen LogP contribution in [-0.4, -0.2) is 41.0 Å². The molecular formula is C20H24N2O5S. The molecular weight excluding hydrogens is 380 g/mol. The summed E-state index contributed by atoms with van der Waals surface area (Å²) in [6.07, 6.45) is 1.52. The fourth-order valence-electron chi connectivity index (χ4n) is 2.53. The number of benzene rings is 2. The van der Waals surface area contributed by atoms with Gasteiger partial charge >= 0.3 is 5.97 Å². The summed E-state index contributed by atoms with van der Waals surface area (Å²) in [5.41, 5.74) is 0.790. The van der Waals surface area contributed by atoms with Crippen molar-refractivity contribution in [2.75, 3.05) is 25.0 Å². The van der Waals surface area contributed by atoms with E-state index in [0.717, 1.165) is 0 Å². The lowest BCUT2D eigenvalue weighted by molar-refractivity contribution is -0.140. The molecule has 28 heavy (non-hydrogen) atoms. The highest BCUT2D eigenvalue weighted by Crippen LogP contribution is 2.22. The molecule has 0 heterocycles. The Hall–Kier alpha value is -2.87. The molecule has 2 aromatic carbocycles. The first kappa shape index (κ1) is 21.4. The Bertz CT molecular complexity index is 913. The lowest BCUT2D eigenvalue weighted by Crippen LogP contribution is -2.28. The van der Waals surface area contributed by atoms with E-state index in [0.29, 0.717) is 31.5 Å². The number of rotatable bonds is 9. The van der Waals surface area contributed by atoms with Crippen LogP contribution in [0, 0.1) is 0 Å². The number of hydrogen-bond donors (Lipinski definition) is 1. The zero-order chi connectivity index (χ0) is 20.6. The average molecular weight is 404 g/mol. The second-order valence-electron chi connectivity index (χ2n) is 6.13. The number of unbranched alkanes of at least 4 members (excludes halogenated alkanes) is 1. The molecule has 0 spiro atoms. The number of nitrogens with one attached hydrogen (secondary N) is 1. The Morgan fingerprint density at radius 1 is 1.04 bits per heavy atom. The average Bonchev–Trinajstić information content (AvgIpc) is 2.73. The summed E-state index contributed by atoms with van der Waals surface area (Å²) in [4.78, 5) is 23.4. The van der Waals surface area contributed by atoms with Gasteiger partial charge in [0.1, 0.15) is 0 Å². The van der Waals surface area contributed by atoms with Gasteiger partial charge in [-0.1, -0.05) is 24.3 Å². The van der Waals surface area contributed by atoms with Crippen LogP contribution in [0.3, 0.4) is 0 Å². The van der Waals surface area contributed by atoms with Crippen molar-refractivity contribution in [2.45, 2.75) is 24.2 Å². The maximum absolute atomic E-state index is 12.8. The molecule has 0 bridgehead atoms. The van der Waals surface area contributed by atoms with Crippen LogP contribution in [0.5, 0.6) is 0 Å². The minimum Gasteiger partial charge on any atom is -0.469 e. The molecule has 0 radical (unpaired) electrons. The van der Waals surface area contributed by atoms with Gasteiger partial charge in [-0.15, -0.1) is 0 Å². The summed E-state index contributed by atoms with van der Waals surface area (Å²) >= 11 is 0. The second kappa shape index (κ2) is 9.89. The molecule has 2 rings (SSSR count). The molecule has 7 nitrogen and oxygen atoms in total. The smallest absolute Gasteiger partial charge is 0.305 e. The van der Waals surface area contributed by atoms with Gasteiger partial charge in [0, 0.05) is 25.6 Å². The van der Waals surface area contributed by atoms with Crippen LogP contribution in [0.25, 0.3) is 0 Å². The Morgan fingerprint density at radius 3 is 2.43 bits per heavy atom. The van der Waals surface area contributed by atoms with Gasteiger partial charge in [0.15, 0.2) is 0 Å². The number of sulfonamides is 1. The maximum atomic E-state index is 12.8. The van der Waals surface area contributed by atoms with Crippen LogP contribution in [0.15, 0.2) is 59.5 Å². The van der Waals surface area contributed by atoms with Crippen molar-refractivity contribution in [1.82, 2.24) is 5.32 Å². The second-order valence-corrected chi connectivity index (χ2v) is 8.09. The summed E-state index contributed by atoms with van der Waals surface area (Å²) in [5.74, 6) is -0.649. The lowest BCUT2D eigenvalue weighted by atomic mass is 10.2. The van der Waals surface area contributed by atoms with Crippen LogP contribution >= 0.6 is 0 Å². The number of carbonyl (C=O) groups is 2. The molecule has 0 atom stereocenters. The highest BCUT2D eigenvalue weighted by atomic mass is 32.2. The third kappa shape index (κ3) is 5.56. The van der Waals surface area contributed by atoms with Crippen molar-refractivity contribution in [3.63, 3.8) is 0 Å². The predicted octanol–water partition coefficient (Wildman–Crippen LogP) is 2.58. The summed E-state index contributed by atoms with van der Waals surface area (Å²) in [6, 6.07) is 14.6. The van der Waals surface area contributed by atoms with E-state index in [1.54, 1.807) is 36.4 Å². The fraction of sp³-hybridized carbons (Fsp3) is 0.300. The molecule has 1 N–H and O–H groups in total. The van der Waals surface area contributed by atoms with Crippen molar-refractivity contribution in [3.8, 4) is 0 Å². The zero-order valence-corrected chi connectivity index (χ0v) is 16.7. The number of anilines is 1. The molecule has 0 saturated heterocycles. The van der Waals surface area contributed by atoms with Crippen molar-refractivity contribution >= 4 is 27.6 Å². The van der Waals surface area contributed by atoms with E-state index in [2.05, 4.69) is 10.1 Å². The topological polar surface area (TPSA) is 92.8 Å². The largest absolute Gasteiger partial charge is 0.469 e. The van der Waals surface area contributed by atoms with Crippen LogP contribution in [0.2, 0.25) is 0 Å². The highest BCUT2D eigenvalue weighted by Gasteiger charge is 2.22. The van der Waals surface area contributed by atoms with Crippen molar-refractivity contribution in [1.29, 1.82) is 0 Å². The van der Waals surface area contributed by atoms with E-state index < -0.39 is 10.0 Å². The summed E-state index contributed by atoms with van der Waals surface area (Å²) in [7, 11) is -0.983. The first-order valence-corrected chi connectivity index (χ1v) is 10.3. The van der Waals surface area contributed by atoms with E-state index in [-0.39, 0.29) is 22.3 Å². The van der Waals surface area contributed by atoms with E-state index in [4.69, 9.17) is 0 Å². The fourth-order valence-corrected chi connectivity index (χ4v) is 3.77. The SMILES string of the molecule is COC(=O)CCCCNC(=O)c1cccc(S(=O)(=O)N(C)c2ccccc2)c1. The molecule has 0 aliphatic heterocycles. The van der Waals surface area contributed by atoms with Gasteiger partial charge in [0.2, 0.25) is 0 Å². The number of amides is 1. The minimum absolute atomic E-state index is 0.0391. The Kier molecular flexibility index (Phi) is 7.57. The number of methoxy groups -OCH3 is 1. The van der Waals surface area contributed by atoms with Crippen LogP contribution in [0.1, 0.15) is 29.6 Å². The number of carbonyl (C=O) groups excluding carboxylic acids is 2. The molecule has 1 amide bonds. The zero-order valence-electron chi connectivity index (χ0n) is 15.9. The Morgan fingerprint density at radius 2 is 1.75 bits per heavy atom. The number of nitrogens with zero attached hydrogens (tertiary/aromatic N) is 1. The molecule has 8 heteroatoms. The normalized spacial score (nSPS) is 10.9. The minimum atomic E-state index is -3.79. The van der Waals surface area contributed by atoms with Gasteiger partial charge in [-0.2, -0.15) is 0 Å². The van der Waals surface area contributed by atoms with Gasteiger partial charge in [0.25, 0.3) is 15.9 Å². The molecule has 150 valence electrons. The molecule has 0 aliphatic rings. The third-order valence-electron chi connectivity index (χ3n) is 4.20. The third-order valence-corrected chi connectivity index (χ3v) is 5.98. The van der Waals surface area contributed by atoms with Gasteiger partial charge in [-0.3, -0.25) is 13.9 Å². The van der Waals surface area contributed by atoms with E-state index >= 15 is 0 Å². The standard InChI is InChI=1S/C20H24N2O5S/c1-22(17-10-4-3-5-11-17)28(25,26)18-12-8-9-16(15-18)20(24)21-14-7-6-13-19(23)27-2/h3-5,8-12,15H,6-7,13-14H2,1-2H3,(H,21,24). The van der Waals surface area contributed by atoms with Gasteiger partial charge in [-0.05, 0) is 43.2 Å². The summed E-state index contributed by atoms with van der Waals surface area (Å²) < 4.78 is 31.4. The van der Waals surface area contributed by atoms with Crippen LogP contribution < -0.4 is 9.62 Å². The van der Waals surface area contributed by atoms with Crippen molar-refractivity contribution in [2.24, 2.45) is 0 Å². The molecule has 2 aromatic rings. The predicted molar refractivity (Wildman–Crippen MR) is 107 cm³/mol. The first-order chi connectivity index (χ1) is 13.4. The lowest BCUT2D eigenvalue weighted by Gasteiger charge is -2.19. The number of ether oxygens (including phenoxy) is 1. The molecule has 0 unspecified atom stereocenters. The highest BCUT2D eigenvalue weighted by molar-refractivity contribution is 7.92. The Labute approximate surface area is 165 Å². The van der Waals surface area contributed by atoms with Gasteiger partial charge in [-0.25, -0.2) is 8.42 Å². The van der Waals surface area contributed by atoms with Gasteiger partial charge in [0.05, 0.1) is 17.7 Å². The molecule has 0 aliphatic carbocycles. The van der Waals surface area contributed by atoms with E-state index in [1.807, 2.05) is 0 Å². The van der Waals surface area contributed by atoms with Gasteiger partial charge < -0.3 is 10.1 Å². The number of hydrogen-bond acceptors (Lipinski definition) is 5. The molecule has 0 saturated carbocycles. The molecule has 0 aromatic heterocycles. The molecule has 0 fully saturated rings. The van der Waals surface area contributed by atoms with Crippen LogP contribution in [-0.2, 0) is 19.6 Å². The Balaban J connectivity index is 2.02. The van der Waals surface area contributed by atoms with Crippen molar-refractivity contribution in [3.05, 3.63) is 60.2 Å². The first-order valence-electron chi connectivity index (χ1n) is 8.85. The maximum Gasteiger partial charge on any atom is 0.305 e. The summed E-state index contributed by atoms with van der Waals surface area (Å²) in [6.45, 7) is 0.386. The quantitative estimate of drug-likeness (QED) is 0.512. The van der Waals surface area contributed by atoms with E-state index in [9.17, 15) is 18.0 Å². The summed E-state index contributed by atoms with van der Waals surface area (Å²) in [5, 5.41) is 2.73. The number of para-hydroxylation sites is 1. The van der Waals surface area contributed by atoms with Crippen molar-refractivity contribution < 1.29 is 22.7 Å². The number of esters is 1. The van der Waals surface area contributed by atoms with Crippen LogP contribution in [0.4, 0.5) is 5.69 Å².